The van der Waals surface area contributed by atoms with Crippen LogP contribution in [0.15, 0.2) is 66.7 Å². The predicted molar refractivity (Wildman–Crippen MR) is 158 cm³/mol. The lowest BCUT2D eigenvalue weighted by Crippen LogP contribution is -2.41. The normalized spacial score (nSPS) is 15.8. The van der Waals surface area contributed by atoms with Crippen molar-refractivity contribution in [1.82, 2.24) is 0 Å². The van der Waals surface area contributed by atoms with Gasteiger partial charge in [-0.3, -0.25) is 9.59 Å². The van der Waals surface area contributed by atoms with E-state index < -0.39 is 41.8 Å². The molecule has 0 bridgehead atoms. The molecule has 1 amide bonds. The van der Waals surface area contributed by atoms with Crippen molar-refractivity contribution < 1.29 is 33.2 Å². The Morgan fingerprint density at radius 2 is 1.44 bits per heavy atom. The van der Waals surface area contributed by atoms with E-state index in [0.717, 1.165) is 11.1 Å². The Morgan fingerprint density at radius 1 is 0.805 bits per heavy atom. The zero-order valence-electron chi connectivity index (χ0n) is 24.8. The largest absolute Gasteiger partial charge is 0.494 e. The molecule has 214 valence electrons. The summed E-state index contributed by atoms with van der Waals surface area (Å²) in [4.78, 5) is 38.8. The second kappa shape index (κ2) is 11.1. The van der Waals surface area contributed by atoms with Gasteiger partial charge in [0, 0.05) is 6.92 Å². The Labute approximate surface area is 241 Å². The van der Waals surface area contributed by atoms with Gasteiger partial charge in [0.25, 0.3) is 5.91 Å². The second-order valence-electron chi connectivity index (χ2n) is 12.0. The summed E-state index contributed by atoms with van der Waals surface area (Å²) in [5, 5.41) is 2.85. The maximum Gasteiger partial charge on any atom is 0.494 e. The van der Waals surface area contributed by atoms with Crippen molar-refractivity contribution in [2.45, 2.75) is 72.2 Å². The molecule has 1 saturated heterocycles. The number of rotatable bonds is 6. The zero-order chi connectivity index (χ0) is 30.2. The number of hydrogen-bond donors (Lipinski definition) is 1. The third kappa shape index (κ3) is 6.86. The summed E-state index contributed by atoms with van der Waals surface area (Å²) in [6.45, 7) is 14.3. The minimum Gasteiger partial charge on any atom is -0.456 e. The van der Waals surface area contributed by atoms with Crippen molar-refractivity contribution in [1.29, 1.82) is 0 Å². The van der Waals surface area contributed by atoms with E-state index in [1.807, 2.05) is 58.0 Å². The molecule has 0 spiro atoms. The highest BCUT2D eigenvalue weighted by Crippen LogP contribution is 2.37. The second-order valence-corrected chi connectivity index (χ2v) is 12.0. The van der Waals surface area contributed by atoms with Gasteiger partial charge in [0.05, 0.1) is 28.0 Å². The van der Waals surface area contributed by atoms with Gasteiger partial charge in [-0.1, -0.05) is 42.5 Å². The van der Waals surface area contributed by atoms with Crippen LogP contribution in [-0.2, 0) is 18.8 Å². The molecule has 3 aromatic rings. The molecule has 3 aromatic carbocycles. The van der Waals surface area contributed by atoms with Crippen molar-refractivity contribution in [3.8, 4) is 16.9 Å². The van der Waals surface area contributed by atoms with E-state index in [2.05, 4.69) is 5.32 Å². The summed E-state index contributed by atoms with van der Waals surface area (Å²) in [5.74, 6) is -1.69. The number of benzene rings is 3. The molecule has 0 saturated carbocycles. The Morgan fingerprint density at radius 3 is 2.02 bits per heavy atom. The average Bonchev–Trinajstić information content (AvgIpc) is 3.09. The molecule has 0 aliphatic carbocycles. The zero-order valence-corrected chi connectivity index (χ0v) is 24.8. The number of hydrogen-bond acceptors (Lipinski definition) is 7. The van der Waals surface area contributed by atoms with Crippen LogP contribution in [0.5, 0.6) is 5.75 Å². The Hall–Kier alpha value is -3.95. The lowest BCUT2D eigenvalue weighted by Gasteiger charge is -2.32. The van der Waals surface area contributed by atoms with E-state index in [9.17, 15) is 14.4 Å². The summed E-state index contributed by atoms with van der Waals surface area (Å²) in [6.07, 6.45) is 0. The topological polar surface area (TPSA) is 100 Å². The molecule has 0 unspecified atom stereocenters. The maximum absolute atomic E-state index is 13.8. The van der Waals surface area contributed by atoms with Gasteiger partial charge in [-0.15, -0.1) is 0 Å². The molecule has 8 nitrogen and oxygen atoms in total. The Bertz CT molecular complexity index is 1460. The van der Waals surface area contributed by atoms with Crippen molar-refractivity contribution in [2.75, 3.05) is 5.32 Å². The molecule has 0 radical (unpaired) electrons. The van der Waals surface area contributed by atoms with Gasteiger partial charge < -0.3 is 24.1 Å². The lowest BCUT2D eigenvalue weighted by molar-refractivity contribution is -0.131. The fraction of sp³-hybridized carbons (Fsp3) is 0.344. The van der Waals surface area contributed by atoms with Crippen molar-refractivity contribution in [2.24, 2.45) is 0 Å². The number of carbonyl (C=O) groups is 3. The molecule has 41 heavy (non-hydrogen) atoms. The number of esters is 2. The van der Waals surface area contributed by atoms with Crippen LogP contribution in [-0.4, -0.2) is 41.8 Å². The third-order valence-corrected chi connectivity index (χ3v) is 7.02. The van der Waals surface area contributed by atoms with E-state index >= 15 is 0 Å². The molecule has 1 fully saturated rings. The van der Waals surface area contributed by atoms with Crippen molar-refractivity contribution in [3.63, 3.8) is 0 Å². The molecule has 1 aliphatic rings. The summed E-state index contributed by atoms with van der Waals surface area (Å²) < 4.78 is 23.3. The van der Waals surface area contributed by atoms with Gasteiger partial charge in [0.1, 0.15) is 11.4 Å². The van der Waals surface area contributed by atoms with E-state index in [1.165, 1.54) is 13.0 Å². The van der Waals surface area contributed by atoms with Crippen LogP contribution in [0.2, 0.25) is 0 Å². The first-order valence-corrected chi connectivity index (χ1v) is 13.5. The number of amides is 1. The van der Waals surface area contributed by atoms with Gasteiger partial charge in [-0.2, -0.15) is 0 Å². The van der Waals surface area contributed by atoms with Crippen LogP contribution >= 0.6 is 0 Å². The summed E-state index contributed by atoms with van der Waals surface area (Å²) in [7, 11) is -0.739. The van der Waals surface area contributed by atoms with Gasteiger partial charge in [0.2, 0.25) is 0 Å². The van der Waals surface area contributed by atoms with Crippen LogP contribution in [0.4, 0.5) is 5.69 Å². The number of carbonyl (C=O) groups excluding carboxylic acids is 3. The predicted octanol–water partition coefficient (Wildman–Crippen LogP) is 5.79. The van der Waals surface area contributed by atoms with Crippen molar-refractivity contribution >= 4 is 36.1 Å². The fourth-order valence-corrected chi connectivity index (χ4v) is 4.25. The fourth-order valence-electron chi connectivity index (χ4n) is 4.25. The molecular formula is C32H36BNO7. The van der Waals surface area contributed by atoms with Crippen LogP contribution < -0.4 is 15.5 Å². The Balaban J connectivity index is 1.75. The van der Waals surface area contributed by atoms with E-state index in [0.29, 0.717) is 5.46 Å². The third-order valence-electron chi connectivity index (χ3n) is 7.02. The van der Waals surface area contributed by atoms with E-state index in [4.69, 9.17) is 18.8 Å². The molecular weight excluding hydrogens is 521 g/mol. The standard InChI is InChI=1S/C32H36BNO7/c1-20(35)38-27-17-15-23(33-40-31(5,6)32(7,8)41-33)19-25(27)28(36)34-26-18-22(21-12-10-9-11-13-21)14-16-24(26)29(37)39-30(2,3)4/h9-19H,1-8H3,(H,34,36). The van der Waals surface area contributed by atoms with E-state index in [-0.39, 0.29) is 22.6 Å². The summed E-state index contributed by atoms with van der Waals surface area (Å²) in [6, 6.07) is 19.5. The molecule has 0 atom stereocenters. The molecule has 1 heterocycles. The van der Waals surface area contributed by atoms with Crippen LogP contribution in [0.25, 0.3) is 11.1 Å². The summed E-state index contributed by atoms with van der Waals surface area (Å²) in [5.41, 5.74) is 0.869. The van der Waals surface area contributed by atoms with Gasteiger partial charge >= 0.3 is 19.1 Å². The van der Waals surface area contributed by atoms with Gasteiger partial charge in [-0.05, 0) is 89.3 Å². The van der Waals surface area contributed by atoms with Crippen LogP contribution in [0.3, 0.4) is 0 Å². The monoisotopic (exact) mass is 557 g/mol. The first-order valence-electron chi connectivity index (χ1n) is 13.5. The van der Waals surface area contributed by atoms with Crippen molar-refractivity contribution in [3.05, 3.63) is 77.9 Å². The van der Waals surface area contributed by atoms with Gasteiger partial charge in [0.15, 0.2) is 0 Å². The molecule has 4 rings (SSSR count). The highest BCUT2D eigenvalue weighted by molar-refractivity contribution is 6.62. The number of ether oxygens (including phenoxy) is 2. The highest BCUT2D eigenvalue weighted by atomic mass is 16.7. The number of anilines is 1. The number of nitrogens with one attached hydrogen (secondary N) is 1. The highest BCUT2D eigenvalue weighted by Gasteiger charge is 2.51. The van der Waals surface area contributed by atoms with Crippen LogP contribution in [0.1, 0.15) is 76.1 Å². The van der Waals surface area contributed by atoms with Crippen LogP contribution in [0, 0.1) is 0 Å². The lowest BCUT2D eigenvalue weighted by atomic mass is 9.78. The smallest absolute Gasteiger partial charge is 0.456 e. The average molecular weight is 557 g/mol. The Kier molecular flexibility index (Phi) is 8.16. The first-order chi connectivity index (χ1) is 19.1. The SMILES string of the molecule is CC(=O)Oc1ccc(B2OC(C)(C)C(C)(C)O2)cc1C(=O)Nc1cc(-c2ccccc2)ccc1C(=O)OC(C)(C)C. The molecule has 0 aromatic heterocycles. The molecule has 1 N–H and O–H groups in total. The minimum atomic E-state index is -0.740. The molecule has 1 aliphatic heterocycles. The maximum atomic E-state index is 13.8. The first kappa shape index (κ1) is 30.0. The van der Waals surface area contributed by atoms with E-state index in [1.54, 1.807) is 51.1 Å². The minimum absolute atomic E-state index is 0.0632. The summed E-state index contributed by atoms with van der Waals surface area (Å²) >= 11 is 0. The molecule has 9 heteroatoms. The quantitative estimate of drug-likeness (QED) is 0.233. The van der Waals surface area contributed by atoms with Gasteiger partial charge in [-0.25, -0.2) is 4.79 Å².